The monoisotopic (exact) mass is 469 g/mol. The Morgan fingerprint density at radius 3 is 1.61 bits per heavy atom. The summed E-state index contributed by atoms with van der Waals surface area (Å²) < 4.78 is 79.9. The summed E-state index contributed by atoms with van der Waals surface area (Å²) in [5.41, 5.74) is 8.73. The molecular weight excluding hydrogens is 456 g/mol. The normalized spacial score (nSPS) is 12.6. The molecule has 0 aliphatic rings. The number of nitrogens with one attached hydrogen (secondary N) is 1. The van der Waals surface area contributed by atoms with Crippen LogP contribution in [0.4, 0.5) is 26.3 Å². The molecule has 3 N–H and O–H groups in total. The number of ether oxygens (including phenoxy) is 2. The van der Waals surface area contributed by atoms with Gasteiger partial charge >= 0.3 is 12.7 Å². The van der Waals surface area contributed by atoms with Crippen molar-refractivity contribution in [3.8, 4) is 11.5 Å². The largest absolute Gasteiger partial charge is 0.573 e. The lowest BCUT2D eigenvalue weighted by Crippen LogP contribution is -2.26. The average Bonchev–Trinajstić information content (AvgIpc) is 2.62. The Morgan fingerprint density at radius 2 is 1.19 bits per heavy atom. The van der Waals surface area contributed by atoms with E-state index in [1.807, 2.05) is 0 Å². The number of nitrogens with zero attached hydrogens (tertiary/aromatic N) is 3. The number of alkyl halides is 6. The maximum atomic E-state index is 12.1. The number of hydrazone groups is 1. The molecule has 7 nitrogen and oxygen atoms in total. The predicted molar refractivity (Wildman–Crippen MR) is 103 cm³/mol. The lowest BCUT2D eigenvalue weighted by Gasteiger charge is -2.08. The Hall–Kier alpha value is -3.48. The zero-order chi connectivity index (χ0) is 22.2. The quantitative estimate of drug-likeness (QED) is 0.287. The summed E-state index contributed by atoms with van der Waals surface area (Å²) >= 11 is 0. The number of guanidine groups is 1. The summed E-state index contributed by atoms with van der Waals surface area (Å²) in [6.07, 6.45) is -7.06. The number of rotatable bonds is 6. The molecule has 0 fully saturated rings. The first kappa shape index (κ1) is 25.6. The molecule has 0 heterocycles. The predicted octanol–water partition coefficient (Wildman–Crippen LogP) is 4.18. The van der Waals surface area contributed by atoms with Gasteiger partial charge in [-0.15, -0.1) is 43.9 Å². The van der Waals surface area contributed by atoms with Crippen LogP contribution in [0, 0.1) is 0 Å². The second-order valence-electron chi connectivity index (χ2n) is 5.33. The van der Waals surface area contributed by atoms with Crippen molar-refractivity contribution in [1.29, 1.82) is 0 Å². The van der Waals surface area contributed by atoms with Gasteiger partial charge in [0, 0.05) is 0 Å². The van der Waals surface area contributed by atoms with Crippen molar-refractivity contribution in [1.82, 2.24) is 5.43 Å². The highest BCUT2D eigenvalue weighted by molar-refractivity contribution is 5.85. The third kappa shape index (κ3) is 10.7. The van der Waals surface area contributed by atoms with Gasteiger partial charge in [-0.05, 0) is 59.7 Å². The molecule has 2 aromatic carbocycles. The molecule has 168 valence electrons. The average molecular weight is 470 g/mol. The van der Waals surface area contributed by atoms with Crippen LogP contribution >= 0.6 is 12.4 Å². The summed E-state index contributed by atoms with van der Waals surface area (Å²) in [7, 11) is 0. The number of hydrogen-bond acceptors (Lipinski definition) is 5. The van der Waals surface area contributed by atoms with Crippen LogP contribution in [0.3, 0.4) is 0 Å². The molecule has 0 spiro atoms. The smallest absolute Gasteiger partial charge is 0.406 e. The minimum absolute atomic E-state index is 0. The van der Waals surface area contributed by atoms with Crippen LogP contribution in [0.25, 0.3) is 0 Å². The fourth-order valence-corrected chi connectivity index (χ4v) is 1.86. The Labute approximate surface area is 177 Å². The number of hydrogen-bond donors (Lipinski definition) is 2. The highest BCUT2D eigenvalue weighted by atomic mass is 35.5. The topological polar surface area (TPSA) is 93.6 Å². The second-order valence-corrected chi connectivity index (χ2v) is 5.33. The number of benzene rings is 2. The third-order valence-corrected chi connectivity index (χ3v) is 2.99. The van der Waals surface area contributed by atoms with Crippen LogP contribution in [0.15, 0.2) is 63.8 Å². The molecule has 2 aromatic rings. The number of halogens is 7. The summed E-state index contributed by atoms with van der Waals surface area (Å²) in [5, 5.41) is 10.9. The minimum Gasteiger partial charge on any atom is -0.406 e. The lowest BCUT2D eigenvalue weighted by atomic mass is 10.2. The van der Waals surface area contributed by atoms with Crippen LogP contribution < -0.4 is 20.6 Å². The van der Waals surface area contributed by atoms with Crippen LogP contribution in [0.2, 0.25) is 0 Å². The van der Waals surface area contributed by atoms with Crippen LogP contribution in [-0.2, 0) is 0 Å². The van der Waals surface area contributed by atoms with Gasteiger partial charge < -0.3 is 15.2 Å². The molecule has 0 bridgehead atoms. The molecule has 0 saturated heterocycles. The summed E-state index contributed by atoms with van der Waals surface area (Å²) in [6, 6.07) is 9.77. The molecule has 0 atom stereocenters. The Kier molecular flexibility index (Phi) is 9.12. The first-order valence-electron chi connectivity index (χ1n) is 7.87. The maximum absolute atomic E-state index is 12.1. The van der Waals surface area contributed by atoms with Gasteiger partial charge in [0.05, 0.1) is 12.4 Å². The van der Waals surface area contributed by atoms with Gasteiger partial charge in [0.15, 0.2) is 0 Å². The van der Waals surface area contributed by atoms with E-state index in [1.165, 1.54) is 36.7 Å². The van der Waals surface area contributed by atoms with Crippen LogP contribution in [-0.4, -0.2) is 31.1 Å². The van der Waals surface area contributed by atoms with Crippen molar-refractivity contribution in [3.63, 3.8) is 0 Å². The van der Waals surface area contributed by atoms with E-state index >= 15 is 0 Å². The van der Waals surface area contributed by atoms with Crippen molar-refractivity contribution >= 4 is 30.8 Å². The van der Waals surface area contributed by atoms with Crippen molar-refractivity contribution in [3.05, 3.63) is 59.7 Å². The van der Waals surface area contributed by atoms with Crippen molar-refractivity contribution in [2.75, 3.05) is 0 Å². The van der Waals surface area contributed by atoms with E-state index in [-0.39, 0.29) is 29.9 Å². The zero-order valence-electron chi connectivity index (χ0n) is 15.2. The second kappa shape index (κ2) is 11.1. The highest BCUT2D eigenvalue weighted by Crippen LogP contribution is 2.23. The van der Waals surface area contributed by atoms with Gasteiger partial charge in [-0.1, -0.05) is 0 Å². The van der Waals surface area contributed by atoms with E-state index in [0.29, 0.717) is 11.1 Å². The minimum atomic E-state index is -4.78. The first-order chi connectivity index (χ1) is 14.0. The third-order valence-electron chi connectivity index (χ3n) is 2.99. The Balaban J connectivity index is 0.00000480. The fourth-order valence-electron chi connectivity index (χ4n) is 1.86. The molecule has 0 saturated carbocycles. The van der Waals surface area contributed by atoms with E-state index in [0.717, 1.165) is 24.3 Å². The Morgan fingerprint density at radius 1 is 0.774 bits per heavy atom. The van der Waals surface area contributed by atoms with Crippen LogP contribution in [0.1, 0.15) is 11.1 Å². The lowest BCUT2D eigenvalue weighted by molar-refractivity contribution is -0.275. The fraction of sp³-hybridized carbons (Fsp3) is 0.118. The molecule has 0 amide bonds. The van der Waals surface area contributed by atoms with Crippen molar-refractivity contribution < 1.29 is 35.8 Å². The first-order valence-corrected chi connectivity index (χ1v) is 7.87. The van der Waals surface area contributed by atoms with Gasteiger partial charge in [-0.3, -0.25) is 0 Å². The molecule has 0 aliphatic carbocycles. The van der Waals surface area contributed by atoms with E-state index in [2.05, 4.69) is 30.2 Å². The molecule has 0 unspecified atom stereocenters. The molecule has 14 heteroatoms. The van der Waals surface area contributed by atoms with Gasteiger partial charge in [0.25, 0.3) is 0 Å². The molecule has 31 heavy (non-hydrogen) atoms. The molecule has 2 rings (SSSR count). The maximum Gasteiger partial charge on any atom is 0.573 e. The van der Waals surface area contributed by atoms with Gasteiger partial charge in [-0.25, -0.2) is 5.43 Å². The Bertz CT molecular complexity index is 913. The van der Waals surface area contributed by atoms with Gasteiger partial charge in [-0.2, -0.15) is 10.2 Å². The van der Waals surface area contributed by atoms with E-state index in [4.69, 9.17) is 5.73 Å². The molecular formula is C17H14ClF6N5O2. The van der Waals surface area contributed by atoms with Crippen LogP contribution in [0.5, 0.6) is 11.5 Å². The molecule has 0 radical (unpaired) electrons. The summed E-state index contributed by atoms with van der Waals surface area (Å²) in [6.45, 7) is 0. The van der Waals surface area contributed by atoms with Crippen molar-refractivity contribution in [2.45, 2.75) is 12.7 Å². The van der Waals surface area contributed by atoms with E-state index in [1.54, 1.807) is 0 Å². The molecule has 0 aromatic heterocycles. The zero-order valence-corrected chi connectivity index (χ0v) is 16.0. The SMILES string of the molecule is Cl.NC(=NN=Cc1ccc(OC(F)(F)F)cc1)NN=Cc1ccc(OC(F)(F)F)cc1. The van der Waals surface area contributed by atoms with E-state index in [9.17, 15) is 26.3 Å². The summed E-state index contributed by atoms with van der Waals surface area (Å²) in [5.74, 6) is -0.964. The van der Waals surface area contributed by atoms with Gasteiger partial charge in [0.1, 0.15) is 11.5 Å². The number of nitrogens with two attached hydrogens (primary N) is 1. The highest BCUT2D eigenvalue weighted by Gasteiger charge is 2.31. The van der Waals surface area contributed by atoms with E-state index < -0.39 is 12.7 Å². The van der Waals surface area contributed by atoms with Crippen molar-refractivity contribution in [2.24, 2.45) is 21.0 Å². The molecule has 0 aliphatic heterocycles. The summed E-state index contributed by atoms with van der Waals surface area (Å²) in [4.78, 5) is 0. The standard InChI is InChI=1S/C17H13F6N5O2.ClH/c18-16(19,20)29-13-5-1-11(2-6-13)9-25-27-15(24)28-26-10-12-3-7-14(8-4-12)30-17(21,22)23;/h1-10H,(H3,24,27,28);1H. The van der Waals surface area contributed by atoms with Gasteiger partial charge in [0.2, 0.25) is 5.96 Å².